The Balaban J connectivity index is 0.00000361. The van der Waals surface area contributed by atoms with Crippen molar-refractivity contribution in [3.63, 3.8) is 0 Å². The van der Waals surface area contributed by atoms with E-state index in [9.17, 15) is 33.1 Å². The van der Waals surface area contributed by atoms with E-state index in [0.717, 1.165) is 38.5 Å². The van der Waals surface area contributed by atoms with Crippen LogP contribution in [0.1, 0.15) is 78.6 Å². The SMILES string of the molecule is C[C@H](CCC(=O)NCCS(=O)(=O)[O-])[C@H]1CC[C@H]2C3[C@H](O)C[C@@H]4C[C@H](O)CC[C@]4(C)[C@H]3C[C@H](O)[C@]12C.[Na+]. The Kier molecular flexibility index (Phi) is 9.75. The zero-order valence-corrected chi connectivity index (χ0v) is 25.2. The van der Waals surface area contributed by atoms with E-state index in [-0.39, 0.29) is 95.0 Å². The molecule has 202 valence electrons. The largest absolute Gasteiger partial charge is 1.00 e. The second kappa shape index (κ2) is 11.4. The maximum atomic E-state index is 12.2. The molecule has 4 fully saturated rings. The molecule has 0 aliphatic heterocycles. The second-order valence-corrected chi connectivity index (χ2v) is 14.2. The molecular formula is C26H44NNaO7S. The zero-order chi connectivity index (χ0) is 25.8. The quantitative estimate of drug-likeness (QED) is 0.241. The molecule has 4 aliphatic carbocycles. The number of hydrogen-bond donors (Lipinski definition) is 4. The number of carbonyl (C=O) groups is 1. The summed E-state index contributed by atoms with van der Waals surface area (Å²) in [6.45, 7) is 6.48. The molecule has 10 heteroatoms. The van der Waals surface area contributed by atoms with E-state index in [0.29, 0.717) is 18.8 Å². The molecule has 0 radical (unpaired) electrons. The molecule has 0 aromatic rings. The summed E-state index contributed by atoms with van der Waals surface area (Å²) in [4.78, 5) is 12.2. The molecule has 8 nitrogen and oxygen atoms in total. The van der Waals surface area contributed by atoms with Gasteiger partial charge in [-0.2, -0.15) is 0 Å². The van der Waals surface area contributed by atoms with Crippen LogP contribution in [-0.2, 0) is 14.9 Å². The van der Waals surface area contributed by atoms with Crippen LogP contribution in [0.15, 0.2) is 0 Å². The van der Waals surface area contributed by atoms with Gasteiger partial charge in [0.1, 0.15) is 0 Å². The maximum Gasteiger partial charge on any atom is 1.00 e. The van der Waals surface area contributed by atoms with Gasteiger partial charge in [0, 0.05) is 13.0 Å². The number of hydrogen-bond acceptors (Lipinski definition) is 7. The fraction of sp³-hybridized carbons (Fsp3) is 0.962. The molecule has 0 saturated heterocycles. The summed E-state index contributed by atoms with van der Waals surface area (Å²) in [5, 5.41) is 35.7. The van der Waals surface area contributed by atoms with Crippen molar-refractivity contribution < 1.29 is 62.6 Å². The number of nitrogens with one attached hydrogen (secondary N) is 1. The molecule has 1 unspecified atom stereocenters. The minimum absolute atomic E-state index is 0. The third-order valence-electron chi connectivity index (χ3n) is 11.0. The van der Waals surface area contributed by atoms with Gasteiger partial charge < -0.3 is 25.2 Å². The van der Waals surface area contributed by atoms with Gasteiger partial charge in [0.2, 0.25) is 5.91 Å². The first-order valence-corrected chi connectivity index (χ1v) is 15.1. The number of carbonyl (C=O) groups excluding carboxylic acids is 1. The minimum Gasteiger partial charge on any atom is -0.748 e. The van der Waals surface area contributed by atoms with E-state index in [1.54, 1.807) is 0 Å². The fourth-order valence-electron chi connectivity index (χ4n) is 9.10. The molecular weight excluding hydrogens is 493 g/mol. The molecule has 0 spiro atoms. The summed E-state index contributed by atoms with van der Waals surface area (Å²) in [5.41, 5.74) is -0.267. The Morgan fingerprint density at radius 3 is 2.44 bits per heavy atom. The van der Waals surface area contributed by atoms with Crippen molar-refractivity contribution in [1.29, 1.82) is 0 Å². The van der Waals surface area contributed by atoms with Crippen molar-refractivity contribution in [3.8, 4) is 0 Å². The smallest absolute Gasteiger partial charge is 0.748 e. The van der Waals surface area contributed by atoms with E-state index in [1.165, 1.54) is 0 Å². The average molecular weight is 538 g/mol. The van der Waals surface area contributed by atoms with Crippen molar-refractivity contribution in [3.05, 3.63) is 0 Å². The van der Waals surface area contributed by atoms with Crippen LogP contribution in [0.25, 0.3) is 0 Å². The average Bonchev–Trinajstić information content (AvgIpc) is 3.12. The van der Waals surface area contributed by atoms with Gasteiger partial charge in [0.05, 0.1) is 34.2 Å². The van der Waals surface area contributed by atoms with Crippen LogP contribution < -0.4 is 34.9 Å². The molecule has 0 bridgehead atoms. The monoisotopic (exact) mass is 537 g/mol. The summed E-state index contributed by atoms with van der Waals surface area (Å²) in [6.07, 6.45) is 5.58. The third-order valence-corrected chi connectivity index (χ3v) is 11.7. The van der Waals surface area contributed by atoms with Gasteiger partial charge >= 0.3 is 29.6 Å². The van der Waals surface area contributed by atoms with Gasteiger partial charge in [-0.1, -0.05) is 20.8 Å². The second-order valence-electron chi connectivity index (χ2n) is 12.7. The fourth-order valence-corrected chi connectivity index (χ4v) is 9.45. The molecule has 11 atom stereocenters. The number of rotatable bonds is 7. The predicted octanol–water partition coefficient (Wildman–Crippen LogP) is -0.970. The van der Waals surface area contributed by atoms with E-state index >= 15 is 0 Å². The first-order valence-electron chi connectivity index (χ1n) is 13.5. The molecule has 36 heavy (non-hydrogen) atoms. The van der Waals surface area contributed by atoms with Crippen LogP contribution in [0.2, 0.25) is 0 Å². The first-order chi connectivity index (χ1) is 16.3. The summed E-state index contributed by atoms with van der Waals surface area (Å²) >= 11 is 0. The topological polar surface area (TPSA) is 147 Å². The Bertz CT molecular complexity index is 903. The summed E-state index contributed by atoms with van der Waals surface area (Å²) in [5.74, 6) is 0.522. The number of fused-ring (bicyclic) bond motifs is 5. The standard InChI is InChI=1S/C26H45NO7S.Na/c1-15(4-7-23(31)27-10-11-35(32,33)34)18-5-6-19-24-20(14-22(30)26(18,19)3)25(2)9-8-17(28)12-16(25)13-21(24)29;/h15-22,24,28-30H,4-14H2,1-3H3,(H,27,31)(H,32,33,34);/q;+1/p-1/t15-,16+,17-,18-,19+,20+,21-,22+,24?,25+,26-;/m1./s1. The third kappa shape index (κ3) is 5.74. The van der Waals surface area contributed by atoms with E-state index in [1.807, 2.05) is 0 Å². The molecule has 4 saturated carbocycles. The number of aliphatic hydroxyl groups is 3. The summed E-state index contributed by atoms with van der Waals surface area (Å²) in [7, 11) is -4.35. The van der Waals surface area contributed by atoms with Crippen LogP contribution >= 0.6 is 0 Å². The van der Waals surface area contributed by atoms with Crippen LogP contribution in [-0.4, -0.2) is 64.8 Å². The molecule has 1 amide bonds. The molecule has 4 rings (SSSR count). The predicted molar refractivity (Wildman–Crippen MR) is 130 cm³/mol. The molecule has 0 heterocycles. The van der Waals surface area contributed by atoms with Gasteiger partial charge in [-0.25, -0.2) is 8.42 Å². The molecule has 0 aromatic carbocycles. The van der Waals surface area contributed by atoms with Gasteiger partial charge in [0.25, 0.3) is 0 Å². The van der Waals surface area contributed by atoms with Gasteiger partial charge in [-0.15, -0.1) is 0 Å². The van der Waals surface area contributed by atoms with Crippen molar-refractivity contribution in [2.45, 2.75) is 96.9 Å². The Labute approximate surface area is 238 Å². The van der Waals surface area contributed by atoms with Crippen molar-refractivity contribution in [1.82, 2.24) is 5.32 Å². The van der Waals surface area contributed by atoms with Gasteiger partial charge in [-0.3, -0.25) is 4.79 Å². The van der Waals surface area contributed by atoms with Crippen LogP contribution in [0.5, 0.6) is 0 Å². The van der Waals surface area contributed by atoms with E-state index in [2.05, 4.69) is 26.1 Å². The molecule has 4 aliphatic rings. The van der Waals surface area contributed by atoms with Crippen LogP contribution in [0.3, 0.4) is 0 Å². The van der Waals surface area contributed by atoms with Crippen molar-refractivity contribution in [2.75, 3.05) is 12.3 Å². The van der Waals surface area contributed by atoms with E-state index < -0.39 is 28.1 Å². The number of amides is 1. The normalized spacial score (nSPS) is 45.0. The maximum absolute atomic E-state index is 12.2. The summed E-state index contributed by atoms with van der Waals surface area (Å²) in [6, 6.07) is 0. The van der Waals surface area contributed by atoms with Crippen molar-refractivity contribution >= 4 is 16.0 Å². The summed E-state index contributed by atoms with van der Waals surface area (Å²) < 4.78 is 32.2. The molecule has 0 aromatic heterocycles. The minimum atomic E-state index is -4.35. The Morgan fingerprint density at radius 1 is 1.08 bits per heavy atom. The van der Waals surface area contributed by atoms with Crippen LogP contribution in [0.4, 0.5) is 0 Å². The Hall–Kier alpha value is 0.260. The van der Waals surface area contributed by atoms with Crippen molar-refractivity contribution in [2.24, 2.45) is 46.3 Å². The van der Waals surface area contributed by atoms with Gasteiger partial charge in [-0.05, 0) is 97.7 Å². The zero-order valence-electron chi connectivity index (χ0n) is 22.4. The number of aliphatic hydroxyl groups excluding tert-OH is 3. The first kappa shape index (κ1) is 30.8. The van der Waals surface area contributed by atoms with E-state index in [4.69, 9.17) is 0 Å². The Morgan fingerprint density at radius 2 is 1.78 bits per heavy atom. The van der Waals surface area contributed by atoms with Gasteiger partial charge in [0.15, 0.2) is 0 Å². The molecule has 4 N–H and O–H groups in total. The van der Waals surface area contributed by atoms with Crippen LogP contribution in [0, 0.1) is 46.3 Å².